The van der Waals surface area contributed by atoms with Crippen molar-refractivity contribution in [1.82, 2.24) is 15.1 Å². The van der Waals surface area contributed by atoms with Crippen molar-refractivity contribution in [3.05, 3.63) is 71.1 Å². The number of likely N-dealkylation sites (tertiary alicyclic amines) is 1. The summed E-state index contributed by atoms with van der Waals surface area (Å²) in [5.74, 6) is 1.18. The molecule has 0 saturated carbocycles. The van der Waals surface area contributed by atoms with Crippen molar-refractivity contribution >= 4 is 11.7 Å². The van der Waals surface area contributed by atoms with E-state index in [0.717, 1.165) is 22.3 Å². The number of rotatable bonds is 6. The van der Waals surface area contributed by atoms with Crippen molar-refractivity contribution in [2.75, 3.05) is 13.1 Å². The number of piperidine rings is 1. The predicted molar refractivity (Wildman–Crippen MR) is 118 cm³/mol. The summed E-state index contributed by atoms with van der Waals surface area (Å²) in [6.45, 7) is 5.24. The van der Waals surface area contributed by atoms with Crippen LogP contribution in [0.3, 0.4) is 0 Å². The summed E-state index contributed by atoms with van der Waals surface area (Å²) < 4.78 is 5.69. The summed E-state index contributed by atoms with van der Waals surface area (Å²) >= 11 is 0. The molecule has 4 rings (SSSR count). The molecule has 0 N–H and O–H groups in total. The van der Waals surface area contributed by atoms with Gasteiger partial charge in [0.05, 0.1) is 0 Å². The van der Waals surface area contributed by atoms with Crippen molar-refractivity contribution in [3.63, 3.8) is 0 Å². The summed E-state index contributed by atoms with van der Waals surface area (Å²) in [4.78, 5) is 27.4. The number of Topliss-reactive ketones (excluding diaryl/α,β-unsaturated/α-hetero) is 1. The van der Waals surface area contributed by atoms with Gasteiger partial charge in [-0.3, -0.25) is 9.59 Å². The van der Waals surface area contributed by atoms with Gasteiger partial charge in [-0.25, -0.2) is 0 Å². The molecule has 3 aromatic rings. The van der Waals surface area contributed by atoms with Gasteiger partial charge in [-0.15, -0.1) is 10.2 Å². The molecule has 0 atom stereocenters. The lowest BCUT2D eigenvalue weighted by molar-refractivity contribution is -0.132. The number of benzene rings is 2. The minimum Gasteiger partial charge on any atom is -0.421 e. The monoisotopic (exact) mass is 417 g/mol. The maximum absolute atomic E-state index is 12.9. The fraction of sp³-hybridized carbons (Fsp3) is 0.360. The summed E-state index contributed by atoms with van der Waals surface area (Å²) in [7, 11) is 0. The average Bonchev–Trinajstić information content (AvgIpc) is 3.27. The molecule has 1 aliphatic rings. The minimum absolute atomic E-state index is 0.0187. The Hall–Kier alpha value is -3.28. The standard InChI is InChI=1S/C25H27N3O3/c1-17-8-9-21(18(2)16-17)24(30)19-12-14-28(15-13-19)23(29)11-10-22-26-27-25(31-22)20-6-4-3-5-7-20/h3-9,16,19H,10-15H2,1-2H3. The molecule has 6 nitrogen and oxygen atoms in total. The molecule has 160 valence electrons. The largest absolute Gasteiger partial charge is 0.421 e. The zero-order chi connectivity index (χ0) is 21.8. The van der Waals surface area contributed by atoms with Crippen LogP contribution in [0.4, 0.5) is 0 Å². The normalized spacial score (nSPS) is 14.6. The third-order valence-corrected chi connectivity index (χ3v) is 5.91. The minimum atomic E-state index is -0.0187. The molecule has 0 spiro atoms. The maximum atomic E-state index is 12.9. The third-order valence-electron chi connectivity index (χ3n) is 5.91. The fourth-order valence-corrected chi connectivity index (χ4v) is 4.13. The Kier molecular flexibility index (Phi) is 6.26. The van der Waals surface area contributed by atoms with Crippen LogP contribution in [-0.2, 0) is 11.2 Å². The molecular formula is C25H27N3O3. The first-order valence-electron chi connectivity index (χ1n) is 10.8. The van der Waals surface area contributed by atoms with Crippen LogP contribution in [0.5, 0.6) is 0 Å². The fourth-order valence-electron chi connectivity index (χ4n) is 4.13. The van der Waals surface area contributed by atoms with E-state index in [1.54, 1.807) is 0 Å². The van der Waals surface area contributed by atoms with E-state index in [1.807, 2.05) is 67.3 Å². The van der Waals surface area contributed by atoms with Gasteiger partial charge >= 0.3 is 0 Å². The average molecular weight is 418 g/mol. The van der Waals surface area contributed by atoms with Gasteiger partial charge in [0, 0.05) is 43.0 Å². The van der Waals surface area contributed by atoms with Gasteiger partial charge in [0.15, 0.2) is 5.78 Å². The molecule has 1 fully saturated rings. The lowest BCUT2D eigenvalue weighted by Gasteiger charge is -2.31. The number of ketones is 1. The van der Waals surface area contributed by atoms with E-state index in [4.69, 9.17) is 4.42 Å². The summed E-state index contributed by atoms with van der Waals surface area (Å²) in [6, 6.07) is 15.5. The van der Waals surface area contributed by atoms with Crippen molar-refractivity contribution in [2.45, 2.75) is 39.5 Å². The Morgan fingerprint density at radius 2 is 1.77 bits per heavy atom. The van der Waals surface area contributed by atoms with E-state index in [2.05, 4.69) is 10.2 Å². The van der Waals surface area contributed by atoms with Crippen LogP contribution in [0.25, 0.3) is 11.5 Å². The Balaban J connectivity index is 1.28. The lowest BCUT2D eigenvalue weighted by atomic mass is 9.87. The van der Waals surface area contributed by atoms with Crippen molar-refractivity contribution < 1.29 is 14.0 Å². The second-order valence-electron chi connectivity index (χ2n) is 8.20. The van der Waals surface area contributed by atoms with Gasteiger partial charge in [-0.2, -0.15) is 0 Å². The van der Waals surface area contributed by atoms with Crippen LogP contribution in [-0.4, -0.2) is 39.9 Å². The molecular weight excluding hydrogens is 390 g/mol. The lowest BCUT2D eigenvalue weighted by Crippen LogP contribution is -2.40. The highest BCUT2D eigenvalue weighted by atomic mass is 16.4. The van der Waals surface area contributed by atoms with Gasteiger partial charge in [0.25, 0.3) is 0 Å². The Labute approximate surface area is 182 Å². The second kappa shape index (κ2) is 9.25. The van der Waals surface area contributed by atoms with E-state index in [-0.39, 0.29) is 17.6 Å². The van der Waals surface area contributed by atoms with E-state index in [0.29, 0.717) is 50.6 Å². The molecule has 2 heterocycles. The first kappa shape index (κ1) is 21.0. The van der Waals surface area contributed by atoms with Crippen LogP contribution in [0.2, 0.25) is 0 Å². The smallest absolute Gasteiger partial charge is 0.247 e. The molecule has 1 aliphatic heterocycles. The first-order valence-corrected chi connectivity index (χ1v) is 10.8. The second-order valence-corrected chi connectivity index (χ2v) is 8.20. The van der Waals surface area contributed by atoms with E-state index in [1.165, 1.54) is 0 Å². The first-order chi connectivity index (χ1) is 15.0. The van der Waals surface area contributed by atoms with Gasteiger partial charge < -0.3 is 9.32 Å². The molecule has 0 unspecified atom stereocenters. The molecule has 0 bridgehead atoms. The number of carbonyl (C=O) groups excluding carboxylic acids is 2. The molecule has 1 amide bonds. The van der Waals surface area contributed by atoms with Gasteiger partial charge in [-0.05, 0) is 44.4 Å². The van der Waals surface area contributed by atoms with Gasteiger partial charge in [-0.1, -0.05) is 42.0 Å². The number of hydrogen-bond acceptors (Lipinski definition) is 5. The number of hydrogen-bond donors (Lipinski definition) is 0. The van der Waals surface area contributed by atoms with E-state index >= 15 is 0 Å². The molecule has 31 heavy (non-hydrogen) atoms. The van der Waals surface area contributed by atoms with Crippen molar-refractivity contribution in [2.24, 2.45) is 5.92 Å². The number of amides is 1. The van der Waals surface area contributed by atoms with Crippen LogP contribution in [0.15, 0.2) is 52.9 Å². The zero-order valence-corrected chi connectivity index (χ0v) is 18.0. The Morgan fingerprint density at radius 1 is 1.03 bits per heavy atom. The quantitative estimate of drug-likeness (QED) is 0.556. The van der Waals surface area contributed by atoms with Crippen LogP contribution in [0.1, 0.15) is 46.6 Å². The maximum Gasteiger partial charge on any atom is 0.247 e. The molecule has 0 aliphatic carbocycles. The highest BCUT2D eigenvalue weighted by Gasteiger charge is 2.28. The van der Waals surface area contributed by atoms with Gasteiger partial charge in [0.2, 0.25) is 17.7 Å². The summed E-state index contributed by atoms with van der Waals surface area (Å²) in [5, 5.41) is 8.13. The highest BCUT2D eigenvalue weighted by Crippen LogP contribution is 2.25. The van der Waals surface area contributed by atoms with Crippen molar-refractivity contribution in [3.8, 4) is 11.5 Å². The molecule has 0 radical (unpaired) electrons. The zero-order valence-electron chi connectivity index (χ0n) is 18.0. The topological polar surface area (TPSA) is 76.3 Å². The summed E-state index contributed by atoms with van der Waals surface area (Å²) in [5.41, 5.74) is 3.86. The number of carbonyl (C=O) groups is 2. The molecule has 6 heteroatoms. The van der Waals surface area contributed by atoms with E-state index in [9.17, 15) is 9.59 Å². The molecule has 1 saturated heterocycles. The predicted octanol–water partition coefficient (Wildman–Crippen LogP) is 4.41. The Morgan fingerprint density at radius 3 is 2.48 bits per heavy atom. The third kappa shape index (κ3) is 4.90. The molecule has 1 aromatic heterocycles. The van der Waals surface area contributed by atoms with Gasteiger partial charge in [0.1, 0.15) is 0 Å². The number of nitrogens with zero attached hydrogens (tertiary/aromatic N) is 3. The molecule has 2 aromatic carbocycles. The van der Waals surface area contributed by atoms with Crippen LogP contribution in [0, 0.1) is 19.8 Å². The SMILES string of the molecule is Cc1ccc(C(=O)C2CCN(C(=O)CCc3nnc(-c4ccccc4)o3)CC2)c(C)c1. The number of aromatic nitrogens is 2. The van der Waals surface area contributed by atoms with Crippen LogP contribution >= 0.6 is 0 Å². The Bertz CT molecular complexity index is 1070. The highest BCUT2D eigenvalue weighted by molar-refractivity contribution is 5.99. The van der Waals surface area contributed by atoms with Crippen LogP contribution < -0.4 is 0 Å². The van der Waals surface area contributed by atoms with E-state index < -0.39 is 0 Å². The number of aryl methyl sites for hydroxylation is 3. The summed E-state index contributed by atoms with van der Waals surface area (Å²) in [6.07, 6.45) is 2.15. The van der Waals surface area contributed by atoms with Crippen molar-refractivity contribution in [1.29, 1.82) is 0 Å².